The van der Waals surface area contributed by atoms with E-state index in [2.05, 4.69) is 30.1 Å². The second-order valence-corrected chi connectivity index (χ2v) is 9.67. The summed E-state index contributed by atoms with van der Waals surface area (Å²) in [5.41, 5.74) is 0.407. The highest BCUT2D eigenvalue weighted by atomic mass is 32.2. The first-order valence-electron chi connectivity index (χ1n) is 7.57. The zero-order valence-corrected chi connectivity index (χ0v) is 15.9. The van der Waals surface area contributed by atoms with Crippen molar-refractivity contribution in [3.05, 3.63) is 0 Å². The van der Waals surface area contributed by atoms with Gasteiger partial charge in [0.15, 0.2) is 4.34 Å². The zero-order valence-electron chi connectivity index (χ0n) is 13.4. The van der Waals surface area contributed by atoms with E-state index in [4.69, 9.17) is 4.74 Å². The van der Waals surface area contributed by atoms with Crippen LogP contribution in [0, 0.1) is 16.7 Å². The van der Waals surface area contributed by atoms with Crippen molar-refractivity contribution in [1.82, 2.24) is 9.36 Å². The molecular weight excluding hydrogens is 336 g/mol. The van der Waals surface area contributed by atoms with E-state index in [0.717, 1.165) is 15.9 Å². The number of nitrogens with zero attached hydrogens (tertiary/aromatic N) is 2. The van der Waals surface area contributed by atoms with E-state index in [0.29, 0.717) is 11.7 Å². The Hall–Kier alpha value is -0.270. The highest BCUT2D eigenvalue weighted by Crippen LogP contribution is 2.66. The normalized spacial score (nSPS) is 32.4. The van der Waals surface area contributed by atoms with Gasteiger partial charge in [0.25, 0.3) is 0 Å². The van der Waals surface area contributed by atoms with E-state index in [1.54, 1.807) is 0 Å². The van der Waals surface area contributed by atoms with Gasteiger partial charge in [0.05, 0.1) is 5.75 Å². The maximum atomic E-state index is 12.2. The largest absolute Gasteiger partial charge is 0.461 e. The predicted octanol–water partition coefficient (Wildman–Crippen LogP) is 4.11. The highest BCUT2D eigenvalue weighted by molar-refractivity contribution is 8.01. The van der Waals surface area contributed by atoms with Crippen LogP contribution in [0.5, 0.6) is 0 Å². The summed E-state index contributed by atoms with van der Waals surface area (Å²) in [4.78, 5) is 16.5. The lowest BCUT2D eigenvalue weighted by Gasteiger charge is -2.38. The third-order valence-electron chi connectivity index (χ3n) is 5.87. The Morgan fingerprint density at radius 3 is 2.77 bits per heavy atom. The molecule has 4 nitrogen and oxygen atoms in total. The summed E-state index contributed by atoms with van der Waals surface area (Å²) >= 11 is 4.28. The Labute approximate surface area is 144 Å². The topological polar surface area (TPSA) is 52.1 Å². The van der Waals surface area contributed by atoms with Crippen molar-refractivity contribution in [3.63, 3.8) is 0 Å². The van der Waals surface area contributed by atoms with Crippen molar-refractivity contribution in [3.8, 4) is 0 Å². The van der Waals surface area contributed by atoms with E-state index in [1.807, 2.05) is 6.26 Å². The van der Waals surface area contributed by atoms with Crippen LogP contribution < -0.4 is 0 Å². The van der Waals surface area contributed by atoms with Gasteiger partial charge in [-0.1, -0.05) is 44.3 Å². The lowest BCUT2D eigenvalue weighted by Crippen LogP contribution is -2.38. The molecule has 2 bridgehead atoms. The molecule has 2 fully saturated rings. The van der Waals surface area contributed by atoms with Gasteiger partial charge in [-0.25, -0.2) is 4.98 Å². The summed E-state index contributed by atoms with van der Waals surface area (Å²) in [7, 11) is 0. The van der Waals surface area contributed by atoms with Crippen LogP contribution in [0.1, 0.15) is 40.0 Å². The Balaban J connectivity index is 1.55. The fraction of sp³-hybridized carbons (Fsp3) is 0.800. The Kier molecular flexibility index (Phi) is 4.51. The highest BCUT2D eigenvalue weighted by Gasteiger charge is 2.62. The van der Waals surface area contributed by atoms with Crippen LogP contribution in [-0.2, 0) is 9.53 Å². The Bertz CT molecular complexity index is 575. The van der Waals surface area contributed by atoms with E-state index in [-0.39, 0.29) is 22.9 Å². The van der Waals surface area contributed by atoms with Gasteiger partial charge in [-0.2, -0.15) is 4.37 Å². The SMILES string of the molecule is CSc1nsc(SCC(=O)O[C@@H]2C[C@@H]3CC[C@@]2(C)C3(C)C)n1. The van der Waals surface area contributed by atoms with Crippen LogP contribution in [0.4, 0.5) is 0 Å². The van der Waals surface area contributed by atoms with Gasteiger partial charge in [-0.3, -0.25) is 4.79 Å². The van der Waals surface area contributed by atoms with Crippen molar-refractivity contribution >= 4 is 41.0 Å². The van der Waals surface area contributed by atoms with Gasteiger partial charge in [0, 0.05) is 5.41 Å². The Morgan fingerprint density at radius 1 is 1.45 bits per heavy atom. The molecule has 7 heteroatoms. The third-order valence-corrected chi connectivity index (χ3v) is 8.34. The molecular formula is C15H22N2O2S3. The molecule has 0 aromatic carbocycles. The molecule has 3 rings (SSSR count). The lowest BCUT2D eigenvalue weighted by molar-refractivity contribution is -0.153. The van der Waals surface area contributed by atoms with Crippen LogP contribution in [0.15, 0.2) is 9.50 Å². The predicted molar refractivity (Wildman–Crippen MR) is 91.5 cm³/mol. The van der Waals surface area contributed by atoms with Crippen molar-refractivity contribution < 1.29 is 9.53 Å². The summed E-state index contributed by atoms with van der Waals surface area (Å²) in [6.45, 7) is 6.96. The minimum absolute atomic E-state index is 0.0746. The van der Waals surface area contributed by atoms with Crippen LogP contribution in [-0.4, -0.2) is 33.4 Å². The van der Waals surface area contributed by atoms with Gasteiger partial charge >= 0.3 is 5.97 Å². The molecule has 0 aliphatic heterocycles. The lowest BCUT2D eigenvalue weighted by atomic mass is 9.70. The first-order valence-corrected chi connectivity index (χ1v) is 10.5. The van der Waals surface area contributed by atoms with Crippen LogP contribution in [0.2, 0.25) is 0 Å². The number of aromatic nitrogens is 2. The number of carbonyl (C=O) groups is 1. The number of hydrogen-bond acceptors (Lipinski definition) is 7. The molecule has 2 aliphatic carbocycles. The number of rotatable bonds is 5. The molecule has 0 radical (unpaired) electrons. The first-order chi connectivity index (χ1) is 10.4. The third kappa shape index (κ3) is 2.69. The van der Waals surface area contributed by atoms with Crippen LogP contribution in [0.25, 0.3) is 0 Å². The van der Waals surface area contributed by atoms with Gasteiger partial charge in [0.1, 0.15) is 6.10 Å². The maximum Gasteiger partial charge on any atom is 0.316 e. The average Bonchev–Trinajstić information content (AvgIpc) is 3.07. The number of fused-ring (bicyclic) bond motifs is 2. The number of ether oxygens (including phenoxy) is 1. The molecule has 0 amide bonds. The fourth-order valence-electron chi connectivity index (χ4n) is 3.96. The molecule has 1 aromatic rings. The number of esters is 1. The molecule has 22 heavy (non-hydrogen) atoms. The molecule has 122 valence electrons. The summed E-state index contributed by atoms with van der Waals surface area (Å²) in [6.07, 6.45) is 5.49. The average molecular weight is 359 g/mol. The van der Waals surface area contributed by atoms with E-state index in [9.17, 15) is 4.79 Å². The van der Waals surface area contributed by atoms with Crippen molar-refractivity contribution in [2.24, 2.45) is 16.7 Å². The number of thioether (sulfide) groups is 2. The van der Waals surface area contributed by atoms with Crippen molar-refractivity contribution in [1.29, 1.82) is 0 Å². The molecule has 2 aliphatic rings. The molecule has 1 heterocycles. The zero-order chi connectivity index (χ0) is 16.0. The van der Waals surface area contributed by atoms with Crippen LogP contribution in [0.3, 0.4) is 0 Å². The fourth-order valence-corrected chi connectivity index (χ4v) is 5.95. The van der Waals surface area contributed by atoms with Crippen molar-refractivity contribution in [2.75, 3.05) is 12.0 Å². The summed E-state index contributed by atoms with van der Waals surface area (Å²) in [5.74, 6) is 0.886. The quantitative estimate of drug-likeness (QED) is 0.583. The molecule has 1 aromatic heterocycles. The van der Waals surface area contributed by atoms with Gasteiger partial charge in [-0.15, -0.1) is 0 Å². The summed E-state index contributed by atoms with van der Waals surface area (Å²) in [5, 5.41) is 0.767. The molecule has 0 saturated heterocycles. The standard InChI is InChI=1S/C15H22N2O2S3/c1-14(2)9-5-6-15(14,3)10(7-9)19-11(18)8-21-13-16-12(20-4)17-22-13/h9-10H,5-8H2,1-4H3/t9-,10+,15+/m0/s1. The number of hydrogen-bond donors (Lipinski definition) is 0. The monoisotopic (exact) mass is 358 g/mol. The smallest absolute Gasteiger partial charge is 0.316 e. The minimum Gasteiger partial charge on any atom is -0.461 e. The van der Waals surface area contributed by atoms with E-state index in [1.165, 1.54) is 47.9 Å². The molecule has 3 atom stereocenters. The molecule has 0 N–H and O–H groups in total. The number of carbonyl (C=O) groups excluding carboxylic acids is 1. The van der Waals surface area contributed by atoms with Gasteiger partial charge < -0.3 is 4.74 Å². The second kappa shape index (κ2) is 5.98. The molecule has 2 saturated carbocycles. The summed E-state index contributed by atoms with van der Waals surface area (Å²) in [6, 6.07) is 0. The molecule has 0 unspecified atom stereocenters. The van der Waals surface area contributed by atoms with Gasteiger partial charge in [0.2, 0.25) is 5.16 Å². The van der Waals surface area contributed by atoms with Crippen LogP contribution >= 0.6 is 35.1 Å². The maximum absolute atomic E-state index is 12.2. The van der Waals surface area contributed by atoms with E-state index < -0.39 is 0 Å². The van der Waals surface area contributed by atoms with Gasteiger partial charge in [-0.05, 0) is 48.4 Å². The Morgan fingerprint density at radius 2 is 2.23 bits per heavy atom. The second-order valence-electron chi connectivity index (χ2n) is 6.92. The molecule has 0 spiro atoms. The van der Waals surface area contributed by atoms with E-state index >= 15 is 0 Å². The summed E-state index contributed by atoms with van der Waals surface area (Å²) < 4.78 is 10.9. The van der Waals surface area contributed by atoms with Crippen molar-refractivity contribution in [2.45, 2.75) is 55.6 Å². The minimum atomic E-state index is -0.125. The first kappa shape index (κ1) is 16.6.